The third-order valence-electron chi connectivity index (χ3n) is 3.44. The molecule has 100 valence electrons. The molecule has 4 nitrogen and oxygen atoms in total. The van der Waals surface area contributed by atoms with Gasteiger partial charge in [0.2, 0.25) is 0 Å². The molecule has 0 radical (unpaired) electrons. The summed E-state index contributed by atoms with van der Waals surface area (Å²) in [4.78, 5) is 9.03. The molecule has 2 rings (SSSR count). The van der Waals surface area contributed by atoms with Crippen molar-refractivity contribution in [2.75, 3.05) is 19.5 Å². The summed E-state index contributed by atoms with van der Waals surface area (Å²) in [5.74, 6) is 1.96. The summed E-state index contributed by atoms with van der Waals surface area (Å²) in [7, 11) is 1.71. The number of rotatable bonds is 5. The zero-order valence-corrected chi connectivity index (χ0v) is 12.4. The van der Waals surface area contributed by atoms with Crippen molar-refractivity contribution in [2.45, 2.75) is 44.4 Å². The first-order valence-electron chi connectivity index (χ1n) is 6.53. The molecule has 2 N–H and O–H groups in total. The normalized spacial score (nSPS) is 16.3. The van der Waals surface area contributed by atoms with Crippen molar-refractivity contribution in [3.8, 4) is 0 Å². The number of nitrogen functional groups attached to an aromatic ring is 1. The Kier molecular flexibility index (Phi) is 4.95. The van der Waals surface area contributed by atoms with E-state index in [1.165, 1.54) is 25.7 Å². The number of hydrogen-bond acceptors (Lipinski definition) is 4. The molecule has 0 spiro atoms. The fourth-order valence-electron chi connectivity index (χ4n) is 2.49. The van der Waals surface area contributed by atoms with E-state index in [0.717, 1.165) is 35.4 Å². The SMILES string of the molecule is COCCCc1nc(N)c(Br)c(C2CCCC2)n1. The van der Waals surface area contributed by atoms with Gasteiger partial charge in [-0.15, -0.1) is 0 Å². The van der Waals surface area contributed by atoms with Crippen LogP contribution in [-0.2, 0) is 11.2 Å². The predicted octanol–water partition coefficient (Wildman–Crippen LogP) is 3.06. The van der Waals surface area contributed by atoms with Crippen LogP contribution in [0, 0.1) is 0 Å². The lowest BCUT2D eigenvalue weighted by molar-refractivity contribution is 0.194. The van der Waals surface area contributed by atoms with Crippen LogP contribution >= 0.6 is 15.9 Å². The second kappa shape index (κ2) is 6.48. The van der Waals surface area contributed by atoms with Gasteiger partial charge in [-0.1, -0.05) is 12.8 Å². The third kappa shape index (κ3) is 3.20. The fourth-order valence-corrected chi connectivity index (χ4v) is 2.99. The molecule has 0 atom stereocenters. The minimum Gasteiger partial charge on any atom is -0.385 e. The second-order valence-electron chi connectivity index (χ2n) is 4.80. The smallest absolute Gasteiger partial charge is 0.141 e. The first-order chi connectivity index (χ1) is 8.72. The first-order valence-corrected chi connectivity index (χ1v) is 7.32. The molecule has 18 heavy (non-hydrogen) atoms. The van der Waals surface area contributed by atoms with Crippen LogP contribution in [0.25, 0.3) is 0 Å². The van der Waals surface area contributed by atoms with E-state index in [1.807, 2.05) is 0 Å². The Hall–Kier alpha value is -0.680. The van der Waals surface area contributed by atoms with Crippen molar-refractivity contribution in [2.24, 2.45) is 0 Å². The van der Waals surface area contributed by atoms with Gasteiger partial charge in [0.25, 0.3) is 0 Å². The van der Waals surface area contributed by atoms with Crippen molar-refractivity contribution in [3.05, 3.63) is 16.0 Å². The van der Waals surface area contributed by atoms with Crippen LogP contribution in [-0.4, -0.2) is 23.7 Å². The average molecular weight is 314 g/mol. The Morgan fingerprint density at radius 1 is 1.33 bits per heavy atom. The van der Waals surface area contributed by atoms with Crippen molar-refractivity contribution in [3.63, 3.8) is 0 Å². The van der Waals surface area contributed by atoms with E-state index in [9.17, 15) is 0 Å². The van der Waals surface area contributed by atoms with Crippen LogP contribution in [0.15, 0.2) is 4.47 Å². The van der Waals surface area contributed by atoms with Crippen molar-refractivity contribution >= 4 is 21.7 Å². The van der Waals surface area contributed by atoms with Gasteiger partial charge in [0.15, 0.2) is 0 Å². The van der Waals surface area contributed by atoms with Gasteiger partial charge >= 0.3 is 0 Å². The number of nitrogens with zero attached hydrogens (tertiary/aromatic N) is 2. The molecule has 1 aliphatic rings. The zero-order chi connectivity index (χ0) is 13.0. The Morgan fingerprint density at radius 2 is 2.06 bits per heavy atom. The number of methoxy groups -OCH3 is 1. The molecule has 0 amide bonds. The molecule has 0 saturated heterocycles. The second-order valence-corrected chi connectivity index (χ2v) is 5.60. The highest BCUT2D eigenvalue weighted by molar-refractivity contribution is 9.10. The van der Waals surface area contributed by atoms with Gasteiger partial charge in [0.05, 0.1) is 10.2 Å². The molecule has 0 bridgehead atoms. The number of nitrogens with two attached hydrogens (primary N) is 1. The minimum atomic E-state index is 0.547. The van der Waals surface area contributed by atoms with Crippen LogP contribution in [0.5, 0.6) is 0 Å². The Labute approximate surface area is 116 Å². The number of aryl methyl sites for hydroxylation is 1. The maximum atomic E-state index is 5.96. The summed E-state index contributed by atoms with van der Waals surface area (Å²) in [6.45, 7) is 0.734. The van der Waals surface area contributed by atoms with Gasteiger partial charge < -0.3 is 10.5 Å². The molecule has 1 aliphatic carbocycles. The quantitative estimate of drug-likeness (QED) is 0.849. The number of anilines is 1. The van der Waals surface area contributed by atoms with Crippen LogP contribution < -0.4 is 5.73 Å². The van der Waals surface area contributed by atoms with Gasteiger partial charge in [-0.2, -0.15) is 0 Å². The Morgan fingerprint density at radius 3 is 2.72 bits per heavy atom. The van der Waals surface area contributed by atoms with E-state index in [0.29, 0.717) is 11.7 Å². The Bertz CT molecular complexity index is 405. The molecule has 1 aromatic heterocycles. The molecule has 1 saturated carbocycles. The summed E-state index contributed by atoms with van der Waals surface area (Å²) in [5, 5.41) is 0. The lowest BCUT2D eigenvalue weighted by Crippen LogP contribution is -2.08. The first kappa shape index (κ1) is 13.7. The van der Waals surface area contributed by atoms with E-state index in [4.69, 9.17) is 15.5 Å². The van der Waals surface area contributed by atoms with E-state index in [-0.39, 0.29) is 0 Å². The number of aromatic nitrogens is 2. The third-order valence-corrected chi connectivity index (χ3v) is 4.25. The molecule has 0 aliphatic heterocycles. The molecule has 1 fully saturated rings. The molecule has 5 heteroatoms. The molecule has 1 aromatic rings. The maximum Gasteiger partial charge on any atom is 0.141 e. The van der Waals surface area contributed by atoms with Crippen molar-refractivity contribution < 1.29 is 4.74 Å². The fraction of sp³-hybridized carbons (Fsp3) is 0.692. The van der Waals surface area contributed by atoms with E-state index < -0.39 is 0 Å². The average Bonchev–Trinajstić information content (AvgIpc) is 2.87. The summed E-state index contributed by atoms with van der Waals surface area (Å²) in [6, 6.07) is 0. The van der Waals surface area contributed by atoms with E-state index in [2.05, 4.69) is 20.9 Å². The standard InChI is InChI=1S/C13H20BrN3O/c1-18-8-4-7-10-16-12(9-5-2-3-6-9)11(14)13(15)17-10/h9H,2-8H2,1H3,(H2,15,16,17). The molecule has 0 unspecified atom stereocenters. The van der Waals surface area contributed by atoms with Crippen LogP contribution in [0.2, 0.25) is 0 Å². The summed E-state index contributed by atoms with van der Waals surface area (Å²) >= 11 is 3.53. The van der Waals surface area contributed by atoms with E-state index >= 15 is 0 Å². The molecule has 1 heterocycles. The Balaban J connectivity index is 2.16. The lowest BCUT2D eigenvalue weighted by Gasteiger charge is -2.13. The van der Waals surface area contributed by atoms with Crippen molar-refractivity contribution in [1.29, 1.82) is 0 Å². The summed E-state index contributed by atoms with van der Waals surface area (Å²) < 4.78 is 5.94. The topological polar surface area (TPSA) is 61.0 Å². The highest BCUT2D eigenvalue weighted by atomic mass is 79.9. The number of hydrogen-bond donors (Lipinski definition) is 1. The van der Waals surface area contributed by atoms with Crippen LogP contribution in [0.3, 0.4) is 0 Å². The number of ether oxygens (including phenoxy) is 1. The molecular formula is C13H20BrN3O. The summed E-state index contributed by atoms with van der Waals surface area (Å²) in [5.41, 5.74) is 7.07. The van der Waals surface area contributed by atoms with E-state index in [1.54, 1.807) is 7.11 Å². The predicted molar refractivity (Wildman–Crippen MR) is 75.6 cm³/mol. The van der Waals surface area contributed by atoms with Crippen LogP contribution in [0.1, 0.15) is 49.5 Å². The number of halogens is 1. The van der Waals surface area contributed by atoms with Gasteiger partial charge in [0, 0.05) is 26.1 Å². The molecule has 0 aromatic carbocycles. The molecular weight excluding hydrogens is 294 g/mol. The highest BCUT2D eigenvalue weighted by Crippen LogP contribution is 2.38. The monoisotopic (exact) mass is 313 g/mol. The minimum absolute atomic E-state index is 0.547. The lowest BCUT2D eigenvalue weighted by atomic mass is 10.0. The van der Waals surface area contributed by atoms with Crippen LogP contribution in [0.4, 0.5) is 5.82 Å². The van der Waals surface area contributed by atoms with Gasteiger partial charge in [-0.3, -0.25) is 0 Å². The van der Waals surface area contributed by atoms with Gasteiger partial charge in [0.1, 0.15) is 11.6 Å². The van der Waals surface area contributed by atoms with Crippen molar-refractivity contribution in [1.82, 2.24) is 9.97 Å². The zero-order valence-electron chi connectivity index (χ0n) is 10.8. The van der Waals surface area contributed by atoms with Gasteiger partial charge in [-0.05, 0) is 35.2 Å². The van der Waals surface area contributed by atoms with Gasteiger partial charge in [-0.25, -0.2) is 9.97 Å². The summed E-state index contributed by atoms with van der Waals surface area (Å²) in [6.07, 6.45) is 6.77. The highest BCUT2D eigenvalue weighted by Gasteiger charge is 2.23. The maximum absolute atomic E-state index is 5.96. The largest absolute Gasteiger partial charge is 0.385 e.